The highest BCUT2D eigenvalue weighted by atomic mass is 32.2. The largest absolute Gasteiger partial charge is 0.444 e. The van der Waals surface area contributed by atoms with E-state index in [-0.39, 0.29) is 24.8 Å². The van der Waals surface area contributed by atoms with Crippen LogP contribution >= 0.6 is 23.1 Å². The van der Waals surface area contributed by atoms with E-state index in [1.54, 1.807) is 57.2 Å². The van der Waals surface area contributed by atoms with E-state index in [1.807, 2.05) is 55.5 Å². The van der Waals surface area contributed by atoms with Gasteiger partial charge in [-0.1, -0.05) is 65.9 Å². The van der Waals surface area contributed by atoms with Crippen LogP contribution in [-0.2, 0) is 20.9 Å². The number of rotatable bonds is 13. The summed E-state index contributed by atoms with van der Waals surface area (Å²) in [5.41, 5.74) is 5.53. The number of nitro benzene ring substituents is 1. The zero-order chi connectivity index (χ0) is 37.3. The maximum Gasteiger partial charge on any atom is 0.408 e. The second kappa shape index (κ2) is 17.0. The van der Waals surface area contributed by atoms with E-state index in [2.05, 4.69) is 26.1 Å². The Kier molecular flexibility index (Phi) is 12.3. The Balaban J connectivity index is 1.23. The molecule has 3 amide bonds. The normalized spacial score (nSPS) is 12.0. The molecule has 0 aliphatic heterocycles. The summed E-state index contributed by atoms with van der Waals surface area (Å²) in [5, 5.41) is 21.4. The van der Waals surface area contributed by atoms with Crippen molar-refractivity contribution in [2.24, 2.45) is 5.10 Å². The molecule has 3 N–H and O–H groups in total. The van der Waals surface area contributed by atoms with Crippen molar-refractivity contribution in [2.75, 3.05) is 11.9 Å². The number of ether oxygens (including phenoxy) is 2. The summed E-state index contributed by atoms with van der Waals surface area (Å²) in [6.07, 6.45) is 0.459. The number of amides is 3. The van der Waals surface area contributed by atoms with Crippen LogP contribution in [0.2, 0.25) is 0 Å². The van der Waals surface area contributed by atoms with Gasteiger partial charge in [-0.3, -0.25) is 19.7 Å². The van der Waals surface area contributed by atoms with Gasteiger partial charge in [-0.15, -0.1) is 11.3 Å². The molecule has 1 atom stereocenters. The van der Waals surface area contributed by atoms with Crippen molar-refractivity contribution in [3.8, 4) is 0 Å². The molecule has 0 aliphatic carbocycles. The number of hydrazone groups is 1. The van der Waals surface area contributed by atoms with Gasteiger partial charge in [0, 0.05) is 22.9 Å². The number of nitrogens with one attached hydrogen (secondary N) is 3. The van der Waals surface area contributed by atoms with E-state index in [4.69, 9.17) is 9.47 Å². The van der Waals surface area contributed by atoms with Gasteiger partial charge in [0.05, 0.1) is 39.5 Å². The monoisotopic (exact) mass is 740 g/mol. The van der Waals surface area contributed by atoms with Gasteiger partial charge in [0.2, 0.25) is 0 Å². The minimum atomic E-state index is -1.14. The third kappa shape index (κ3) is 10.9. The first kappa shape index (κ1) is 37.6. The summed E-state index contributed by atoms with van der Waals surface area (Å²) in [6, 6.07) is 25.3. The zero-order valence-corrected chi connectivity index (χ0v) is 30.4. The molecular formula is C37H36N6O7S2. The van der Waals surface area contributed by atoms with Crippen LogP contribution in [0.3, 0.4) is 0 Å². The first-order valence-electron chi connectivity index (χ1n) is 16.0. The van der Waals surface area contributed by atoms with Gasteiger partial charge in [-0.25, -0.2) is 15.2 Å². The molecule has 268 valence electrons. The summed E-state index contributed by atoms with van der Waals surface area (Å²) in [5.74, 6) is -0.909. The number of hydrogen-bond acceptors (Lipinski definition) is 11. The molecule has 0 bridgehead atoms. The number of hydrogen-bond donors (Lipinski definition) is 3. The van der Waals surface area contributed by atoms with Gasteiger partial charge in [0.15, 0.2) is 4.34 Å². The zero-order valence-electron chi connectivity index (χ0n) is 28.7. The number of carbonyl (C=O) groups excluding carboxylic acids is 3. The summed E-state index contributed by atoms with van der Waals surface area (Å²) in [6.45, 7) is 7.10. The first-order valence-corrected chi connectivity index (χ1v) is 17.7. The fraction of sp³-hybridized carbons (Fsp3) is 0.216. The van der Waals surface area contributed by atoms with Crippen LogP contribution in [0.4, 0.5) is 16.2 Å². The molecule has 15 heteroatoms. The fourth-order valence-corrected chi connectivity index (χ4v) is 6.77. The highest BCUT2D eigenvalue weighted by molar-refractivity contribution is 8.01. The van der Waals surface area contributed by atoms with Crippen LogP contribution in [0.1, 0.15) is 47.8 Å². The highest BCUT2D eigenvalue weighted by Gasteiger charge is 2.25. The molecule has 5 aromatic rings. The minimum absolute atomic E-state index is 0.165. The van der Waals surface area contributed by atoms with Crippen LogP contribution in [0.15, 0.2) is 105 Å². The Bertz CT molecular complexity index is 2100. The molecule has 5 rings (SSSR count). The maximum atomic E-state index is 13.0. The van der Waals surface area contributed by atoms with Crippen molar-refractivity contribution in [3.05, 3.63) is 123 Å². The molecule has 0 unspecified atom stereocenters. The lowest BCUT2D eigenvalue weighted by atomic mass is 10.1. The quantitative estimate of drug-likeness (QED) is 0.0628. The molecule has 52 heavy (non-hydrogen) atoms. The third-order valence-corrected chi connectivity index (χ3v) is 9.25. The summed E-state index contributed by atoms with van der Waals surface area (Å²) >= 11 is 2.48. The Morgan fingerprint density at radius 1 is 1.02 bits per heavy atom. The van der Waals surface area contributed by atoms with Crippen molar-refractivity contribution < 1.29 is 28.8 Å². The number of nitro groups is 1. The van der Waals surface area contributed by atoms with Crippen LogP contribution < -0.4 is 16.1 Å². The molecule has 1 heterocycles. The molecule has 4 aromatic carbocycles. The van der Waals surface area contributed by atoms with E-state index >= 15 is 0 Å². The predicted octanol–water partition coefficient (Wildman–Crippen LogP) is 7.48. The lowest BCUT2D eigenvalue weighted by Crippen LogP contribution is -2.49. The average molecular weight is 741 g/mol. The molecule has 0 radical (unpaired) electrons. The topological polar surface area (TPSA) is 174 Å². The van der Waals surface area contributed by atoms with Gasteiger partial charge in [0.25, 0.3) is 17.5 Å². The van der Waals surface area contributed by atoms with E-state index in [9.17, 15) is 24.5 Å². The Hall–Kier alpha value is -5.64. The van der Waals surface area contributed by atoms with Crippen LogP contribution in [0.25, 0.3) is 10.2 Å². The van der Waals surface area contributed by atoms with E-state index in [0.29, 0.717) is 31.6 Å². The Morgan fingerprint density at radius 2 is 1.77 bits per heavy atom. The number of anilines is 1. The number of alkyl carbamates (subject to hydrolysis) is 1. The van der Waals surface area contributed by atoms with Gasteiger partial charge in [-0.2, -0.15) is 5.10 Å². The van der Waals surface area contributed by atoms with Crippen molar-refractivity contribution in [3.63, 3.8) is 0 Å². The second-order valence-electron chi connectivity index (χ2n) is 12.5. The third-order valence-electron chi connectivity index (χ3n) is 7.11. The van der Waals surface area contributed by atoms with Gasteiger partial charge in [0.1, 0.15) is 11.6 Å². The van der Waals surface area contributed by atoms with Gasteiger partial charge >= 0.3 is 6.09 Å². The van der Waals surface area contributed by atoms with Gasteiger partial charge in [-0.05, 0) is 69.7 Å². The molecular weight excluding hydrogens is 705 g/mol. The van der Waals surface area contributed by atoms with E-state index in [1.165, 1.54) is 23.6 Å². The van der Waals surface area contributed by atoms with Crippen LogP contribution in [0, 0.1) is 17.0 Å². The smallest absolute Gasteiger partial charge is 0.408 e. The van der Waals surface area contributed by atoms with Crippen LogP contribution in [0.5, 0.6) is 0 Å². The van der Waals surface area contributed by atoms with Gasteiger partial charge < -0.3 is 20.1 Å². The SMILES string of the molecule is Cc1ccc(C(=O)Nc2ccc3nc(Sc4ccc(/C=N\NC(=O)[C@H](COCc5ccccc5)NC(=O)OC(C)(C)C)cc4[N+](=O)[O-])sc3c2)cc1. The number of thiazole rings is 1. The minimum Gasteiger partial charge on any atom is -0.444 e. The number of carbonyl (C=O) groups is 3. The van der Waals surface area contributed by atoms with Crippen molar-refractivity contribution in [1.29, 1.82) is 0 Å². The molecule has 1 aromatic heterocycles. The first-order chi connectivity index (χ1) is 24.8. The Labute approximate surface area is 308 Å². The van der Waals surface area contributed by atoms with Crippen molar-refractivity contribution >= 4 is 68.8 Å². The number of aryl methyl sites for hydroxylation is 1. The molecule has 13 nitrogen and oxygen atoms in total. The number of nitrogens with zero attached hydrogens (tertiary/aromatic N) is 3. The lowest BCUT2D eigenvalue weighted by Gasteiger charge is -2.22. The summed E-state index contributed by atoms with van der Waals surface area (Å²) < 4.78 is 12.4. The molecule has 0 aliphatic rings. The second-order valence-corrected chi connectivity index (χ2v) is 14.8. The highest BCUT2D eigenvalue weighted by Crippen LogP contribution is 2.39. The van der Waals surface area contributed by atoms with E-state index < -0.39 is 28.6 Å². The maximum absolute atomic E-state index is 13.0. The molecule has 0 saturated heterocycles. The summed E-state index contributed by atoms with van der Waals surface area (Å²) in [7, 11) is 0. The summed E-state index contributed by atoms with van der Waals surface area (Å²) in [4.78, 5) is 54.6. The van der Waals surface area contributed by atoms with Crippen molar-refractivity contribution in [1.82, 2.24) is 15.7 Å². The van der Waals surface area contributed by atoms with Crippen molar-refractivity contribution in [2.45, 2.75) is 55.2 Å². The molecule has 0 spiro atoms. The molecule has 0 fully saturated rings. The standard InChI is InChI=1S/C37H36N6O7S2/c1-23-10-13-26(14-11-23)33(44)39-27-15-16-28-32(19-27)52-36(41-28)51-31-17-12-25(18-30(31)43(47)48)20-38-42-34(45)29(40-35(46)50-37(2,3)4)22-49-21-24-8-6-5-7-9-24/h5-20,29H,21-22H2,1-4H3,(H,39,44)(H,40,46)(H,42,45)/b38-20-/t29-/m0/s1. The van der Waals surface area contributed by atoms with E-state index in [0.717, 1.165) is 27.6 Å². The average Bonchev–Trinajstić information content (AvgIpc) is 3.49. The molecule has 0 saturated carbocycles. The number of aromatic nitrogens is 1. The number of benzene rings is 4. The predicted molar refractivity (Wildman–Crippen MR) is 201 cm³/mol. The fourth-order valence-electron chi connectivity index (χ4n) is 4.62. The van der Waals surface area contributed by atoms with Crippen LogP contribution in [-0.4, -0.2) is 52.3 Å². The Morgan fingerprint density at radius 3 is 2.48 bits per heavy atom. The number of fused-ring (bicyclic) bond motifs is 1. The lowest BCUT2D eigenvalue weighted by molar-refractivity contribution is -0.387.